The number of hydrogen-bond donors (Lipinski definition) is 18. The number of fused-ring (bicyclic) bond motifs is 1. The first-order valence-corrected chi connectivity index (χ1v) is 38.4. The zero-order chi connectivity index (χ0) is 83.7. The quantitative estimate of drug-likeness (QED) is 0.0138. The lowest BCUT2D eigenvalue weighted by Crippen LogP contribution is -2.61. The SMILES string of the molecule is CC(=O)N[C@H](Cc1ccc2ccccc2c1)C(=O)N[C@H](Cc1ccc(Cl)cc1)C(=O)N[C@H](Cc1cccnc1)C(=O)N[C@@H](CO)C(=O)N[C@@H](CCCCNC(=O)c1cccc(N)n1)C(=O)N[C@H](CCCCNC(=O)c1cccc(N)n1)C(=O)N[C@@H](CC(C)C)C(=O)N[C@@H](CCCNC(=N)N)C(=O)N1CCC[C@H]1C(=O)N[C@H](C)C(N)=O. The first kappa shape index (κ1) is 89.8. The molecule has 1 aliphatic heterocycles. The molecule has 10 atom stereocenters. The summed E-state index contributed by atoms with van der Waals surface area (Å²) < 4.78 is 0. The van der Waals surface area contributed by atoms with Crippen LogP contribution in [0.5, 0.6) is 0 Å². The normalized spacial score (nSPS) is 14.7. The van der Waals surface area contributed by atoms with Crippen molar-refractivity contribution in [3.8, 4) is 0 Å². The second-order valence-corrected chi connectivity index (χ2v) is 28.9. The Bertz CT molecular complexity index is 4390. The zero-order valence-electron chi connectivity index (χ0n) is 64.6. The fraction of sp³-hybridized carbons (Fsp3) is 0.430. The van der Waals surface area contributed by atoms with Crippen LogP contribution in [0.2, 0.25) is 5.02 Å². The summed E-state index contributed by atoms with van der Waals surface area (Å²) in [4.78, 5) is 197. The lowest BCUT2D eigenvalue weighted by atomic mass is 9.99. The molecule has 4 heterocycles. The molecule has 0 unspecified atom stereocenters. The second-order valence-electron chi connectivity index (χ2n) is 28.5. The number of benzene rings is 3. The first-order valence-electron chi connectivity index (χ1n) is 38.1. The van der Waals surface area contributed by atoms with Crippen molar-refractivity contribution in [3.63, 3.8) is 0 Å². The average Bonchev–Trinajstić information content (AvgIpc) is 1.78. The van der Waals surface area contributed by atoms with E-state index in [1.54, 1.807) is 62.4 Å². The molecule has 36 heteroatoms. The highest BCUT2D eigenvalue weighted by Gasteiger charge is 2.40. The van der Waals surface area contributed by atoms with Gasteiger partial charge in [0, 0.05) is 69.8 Å². The number of guanidine groups is 1. The number of carbonyl (C=O) groups is 13. The van der Waals surface area contributed by atoms with Crippen LogP contribution in [-0.2, 0) is 72.0 Å². The van der Waals surface area contributed by atoms with Crippen molar-refractivity contribution in [2.75, 3.05) is 44.3 Å². The number of nitrogens with one attached hydrogen (secondary N) is 13. The molecule has 22 N–H and O–H groups in total. The molecule has 0 saturated carbocycles. The van der Waals surface area contributed by atoms with Gasteiger partial charge in [-0.15, -0.1) is 0 Å². The van der Waals surface area contributed by atoms with Gasteiger partial charge >= 0.3 is 0 Å². The third-order valence-corrected chi connectivity index (χ3v) is 19.0. The summed E-state index contributed by atoms with van der Waals surface area (Å²) in [6, 6.07) is 17.7. The van der Waals surface area contributed by atoms with Gasteiger partial charge in [-0.3, -0.25) is 72.7 Å². The van der Waals surface area contributed by atoms with Gasteiger partial charge in [-0.05, 0) is 153 Å². The number of amides is 13. The lowest BCUT2D eigenvalue weighted by molar-refractivity contribution is -0.142. The Morgan fingerprint density at radius 1 is 0.513 bits per heavy atom. The summed E-state index contributed by atoms with van der Waals surface area (Å²) in [5.74, 6) is -10.8. The molecule has 3 aromatic heterocycles. The average molecular weight is 1610 g/mol. The van der Waals surface area contributed by atoms with Gasteiger partial charge in [-0.2, -0.15) is 0 Å². The Kier molecular flexibility index (Phi) is 35.4. The number of aliphatic hydroxyl groups is 1. The summed E-state index contributed by atoms with van der Waals surface area (Å²) in [5, 5.41) is 53.2. The van der Waals surface area contributed by atoms with Crippen molar-refractivity contribution in [1.29, 1.82) is 5.41 Å². The molecule has 3 aromatic carbocycles. The number of hydrogen-bond acceptors (Lipinski definition) is 20. The van der Waals surface area contributed by atoms with E-state index >= 15 is 9.59 Å². The highest BCUT2D eigenvalue weighted by molar-refractivity contribution is 6.30. The number of likely N-dealkylation sites (tertiary alicyclic amines) is 1. The molecule has 616 valence electrons. The standard InChI is InChI=1S/C79H104ClN21O14/c1-45(2)38-59(72(109)96-58(23-14-36-89-79(84)85)78(115)101-37-15-24-64(101)77(114)90-46(3)67(83)104)97-71(108)57(20-8-10-35-88-69(106)55-22-12-26-66(82)93-55)94-70(107)56(19-7-9-34-87-68(105)54-21-11-25-65(81)92-54)95-76(113)63(44-102)100-75(112)62(42-50-16-13-33-86-43-50)99-74(111)61(40-48-28-31-53(80)32-29-48)98-73(110)60(91-47(4)103)41-49-27-30-51-17-5-6-18-52(51)39-49/h5-6,11-13,16-18,21-22,25-33,39,43,45-46,56-64,102H,7-10,14-15,19-20,23-24,34-38,40-42,44H2,1-4H3,(H2,81,92)(H2,82,93)(H2,83,104)(H,87,105)(H,88,106)(H,90,114)(H,91,103)(H,94,107)(H,95,113)(H,96,109)(H,97,108)(H,98,110)(H,99,111)(H,100,112)(H4,84,85,89)/t46-,56+,57-,58+,59+,60-,61-,62-,63+,64+/m1/s1. The Morgan fingerprint density at radius 2 is 0.991 bits per heavy atom. The minimum absolute atomic E-state index is 0.0142. The van der Waals surface area contributed by atoms with Gasteiger partial charge in [0.05, 0.1) is 6.61 Å². The summed E-state index contributed by atoms with van der Waals surface area (Å²) in [7, 11) is 0. The molecule has 0 radical (unpaired) electrons. The summed E-state index contributed by atoms with van der Waals surface area (Å²) in [6.07, 6.45) is 3.35. The van der Waals surface area contributed by atoms with E-state index in [2.05, 4.69) is 78.8 Å². The monoisotopic (exact) mass is 1610 g/mol. The van der Waals surface area contributed by atoms with Crippen molar-refractivity contribution in [1.82, 2.24) is 83.7 Å². The van der Waals surface area contributed by atoms with Crippen LogP contribution in [-0.4, -0.2) is 201 Å². The Hall–Kier alpha value is -12.4. The van der Waals surface area contributed by atoms with Crippen LogP contribution < -0.4 is 86.7 Å². The van der Waals surface area contributed by atoms with Crippen LogP contribution in [0.1, 0.15) is 136 Å². The maximum atomic E-state index is 15.2. The van der Waals surface area contributed by atoms with Gasteiger partial charge in [0.2, 0.25) is 65.0 Å². The van der Waals surface area contributed by atoms with Gasteiger partial charge in [0.1, 0.15) is 83.4 Å². The first-order chi connectivity index (χ1) is 54.9. The van der Waals surface area contributed by atoms with E-state index in [0.717, 1.165) is 10.8 Å². The number of nitrogen functional groups attached to an aromatic ring is 2. The van der Waals surface area contributed by atoms with Crippen LogP contribution in [0.3, 0.4) is 0 Å². The van der Waals surface area contributed by atoms with Gasteiger partial charge < -0.3 is 96.7 Å². The molecular weight excluding hydrogens is 1500 g/mol. The number of anilines is 2. The molecule has 1 fully saturated rings. The van der Waals surface area contributed by atoms with Crippen LogP contribution in [0.25, 0.3) is 10.8 Å². The summed E-state index contributed by atoms with van der Waals surface area (Å²) in [6.45, 7) is 5.34. The number of halogens is 1. The smallest absolute Gasteiger partial charge is 0.269 e. The number of nitrogens with zero attached hydrogens (tertiary/aromatic N) is 4. The van der Waals surface area contributed by atoms with Crippen LogP contribution in [0.4, 0.5) is 11.6 Å². The third-order valence-electron chi connectivity index (χ3n) is 18.8. The largest absolute Gasteiger partial charge is 0.394 e. The van der Waals surface area contributed by atoms with Gasteiger partial charge in [0.15, 0.2) is 5.96 Å². The van der Waals surface area contributed by atoms with Gasteiger partial charge in [0.25, 0.3) is 11.8 Å². The van der Waals surface area contributed by atoms with E-state index in [1.807, 2.05) is 42.5 Å². The van der Waals surface area contributed by atoms with E-state index in [1.165, 1.54) is 55.4 Å². The fourth-order valence-corrected chi connectivity index (χ4v) is 12.9. The number of pyridine rings is 3. The van der Waals surface area contributed by atoms with E-state index in [9.17, 15) is 57.8 Å². The molecule has 7 rings (SSSR count). The minimum Gasteiger partial charge on any atom is -0.394 e. The van der Waals surface area contributed by atoms with Crippen molar-refractivity contribution >= 4 is 117 Å². The fourth-order valence-electron chi connectivity index (χ4n) is 12.8. The number of aliphatic hydroxyl groups excluding tert-OH is 1. The highest BCUT2D eigenvalue weighted by Crippen LogP contribution is 2.23. The minimum atomic E-state index is -1.87. The van der Waals surface area contributed by atoms with Crippen molar-refractivity contribution in [2.45, 2.75) is 178 Å². The number of unbranched alkanes of at least 4 members (excludes halogenated alkanes) is 2. The van der Waals surface area contributed by atoms with Gasteiger partial charge in [-0.1, -0.05) is 98.2 Å². The molecule has 0 aliphatic carbocycles. The molecule has 0 bridgehead atoms. The topological polar surface area (TPSA) is 556 Å². The number of primary amides is 1. The summed E-state index contributed by atoms with van der Waals surface area (Å²) >= 11 is 6.26. The maximum Gasteiger partial charge on any atom is 0.269 e. The predicted octanol–water partition coefficient (Wildman–Crippen LogP) is 0.252. The molecule has 13 amide bonds. The molecule has 0 spiro atoms. The summed E-state index contributed by atoms with van der Waals surface area (Å²) in [5.41, 5.74) is 24.3. The lowest BCUT2D eigenvalue weighted by Gasteiger charge is -2.31. The Balaban J connectivity index is 1.16. The number of nitrogens with two attached hydrogens (primary N) is 4. The van der Waals surface area contributed by atoms with Gasteiger partial charge in [-0.25, -0.2) is 9.97 Å². The van der Waals surface area contributed by atoms with E-state index < -0.39 is 144 Å². The second kappa shape index (κ2) is 45.3. The van der Waals surface area contributed by atoms with Crippen LogP contribution >= 0.6 is 11.6 Å². The zero-order valence-corrected chi connectivity index (χ0v) is 65.4. The van der Waals surface area contributed by atoms with E-state index in [0.29, 0.717) is 28.1 Å². The molecule has 1 saturated heterocycles. The number of rotatable bonds is 44. The van der Waals surface area contributed by atoms with E-state index in [-0.39, 0.29) is 145 Å². The Morgan fingerprint density at radius 3 is 1.52 bits per heavy atom. The molecule has 1 aliphatic rings. The Labute approximate surface area is 670 Å². The van der Waals surface area contributed by atoms with E-state index in [4.69, 9.17) is 39.9 Å². The predicted molar refractivity (Wildman–Crippen MR) is 429 cm³/mol. The van der Waals surface area contributed by atoms with Crippen LogP contribution in [0, 0.1) is 11.3 Å². The molecular formula is C79H104ClN21O14. The molecule has 35 nitrogen and oxygen atoms in total. The van der Waals surface area contributed by atoms with Crippen molar-refractivity contribution in [3.05, 3.63) is 161 Å². The number of carbonyl (C=O) groups excluding carboxylic acids is 13. The third kappa shape index (κ3) is 29.6. The molecule has 6 aromatic rings. The van der Waals surface area contributed by atoms with Crippen molar-refractivity contribution in [2.24, 2.45) is 17.4 Å². The molecule has 115 heavy (non-hydrogen) atoms. The van der Waals surface area contributed by atoms with Crippen molar-refractivity contribution < 1.29 is 67.4 Å². The number of aromatic nitrogens is 3. The highest BCUT2D eigenvalue weighted by atomic mass is 35.5. The van der Waals surface area contributed by atoms with Crippen LogP contribution in [0.15, 0.2) is 128 Å². The maximum absolute atomic E-state index is 15.2.